The molecule has 0 saturated heterocycles. The molecular formula is C6H10N2. The van der Waals surface area contributed by atoms with Gasteiger partial charge in [-0.3, -0.25) is 0 Å². The largest absolute Gasteiger partial charge is 0.401 e. The van der Waals surface area contributed by atoms with Crippen molar-refractivity contribution >= 4 is 0 Å². The zero-order chi connectivity index (χ0) is 6.41. The van der Waals surface area contributed by atoms with Crippen molar-refractivity contribution in [1.82, 2.24) is 0 Å². The molecule has 0 amide bonds. The smallest absolute Gasteiger partial charge is 0.0930 e. The molecular weight excluding hydrogens is 100 g/mol. The van der Waals surface area contributed by atoms with Crippen LogP contribution in [0.25, 0.3) is 0 Å². The minimum atomic E-state index is 0.676. The fourth-order valence-electron chi connectivity index (χ4n) is 0.444. The predicted molar refractivity (Wildman–Crippen MR) is 32.8 cm³/mol. The number of hydrogen-bond acceptors (Lipinski definition) is 2. The number of allylic oxidation sites excluding steroid dienone is 2. The van der Waals surface area contributed by atoms with E-state index in [4.69, 9.17) is 11.0 Å². The van der Waals surface area contributed by atoms with Gasteiger partial charge in [-0.1, -0.05) is 13.3 Å². The maximum absolute atomic E-state index is 8.06. The standard InChI is InChI=1S/C6H10N2/c1-2-3-6(8)4-5-7/h4H,2-3,8H2,1H3/b6-4-. The van der Waals surface area contributed by atoms with E-state index in [2.05, 4.69) is 0 Å². The second-order valence-corrected chi connectivity index (χ2v) is 1.60. The Balaban J connectivity index is 3.49. The summed E-state index contributed by atoms with van der Waals surface area (Å²) >= 11 is 0. The van der Waals surface area contributed by atoms with Crippen LogP contribution in [0.15, 0.2) is 11.8 Å². The SMILES string of the molecule is CCC/C(N)=C/C#N. The highest BCUT2D eigenvalue weighted by Gasteiger charge is 1.83. The van der Waals surface area contributed by atoms with Crippen LogP contribution < -0.4 is 5.73 Å². The lowest BCUT2D eigenvalue weighted by Gasteiger charge is -1.90. The van der Waals surface area contributed by atoms with E-state index in [-0.39, 0.29) is 0 Å². The van der Waals surface area contributed by atoms with Gasteiger partial charge in [0, 0.05) is 11.8 Å². The molecule has 0 aromatic carbocycles. The molecule has 8 heavy (non-hydrogen) atoms. The molecule has 0 aliphatic heterocycles. The Morgan fingerprint density at radius 3 is 2.88 bits per heavy atom. The van der Waals surface area contributed by atoms with E-state index >= 15 is 0 Å². The molecule has 2 nitrogen and oxygen atoms in total. The van der Waals surface area contributed by atoms with E-state index in [1.54, 1.807) is 0 Å². The molecule has 0 aromatic heterocycles. The van der Waals surface area contributed by atoms with Crippen molar-refractivity contribution in [1.29, 1.82) is 5.26 Å². The first-order valence-corrected chi connectivity index (χ1v) is 2.65. The highest BCUT2D eigenvalue weighted by Crippen LogP contribution is 1.94. The lowest BCUT2D eigenvalue weighted by atomic mass is 10.2. The van der Waals surface area contributed by atoms with Crippen LogP contribution in [0.5, 0.6) is 0 Å². The van der Waals surface area contributed by atoms with Crippen LogP contribution in [0, 0.1) is 11.3 Å². The zero-order valence-electron chi connectivity index (χ0n) is 5.02. The molecule has 0 aliphatic carbocycles. The van der Waals surface area contributed by atoms with Crippen molar-refractivity contribution < 1.29 is 0 Å². The van der Waals surface area contributed by atoms with Gasteiger partial charge in [0.1, 0.15) is 0 Å². The van der Waals surface area contributed by atoms with Crippen molar-refractivity contribution in [2.24, 2.45) is 5.73 Å². The molecule has 0 saturated carbocycles. The third-order valence-electron chi connectivity index (χ3n) is 0.789. The van der Waals surface area contributed by atoms with Gasteiger partial charge in [-0.25, -0.2) is 0 Å². The minimum Gasteiger partial charge on any atom is -0.401 e. The number of nitrogens with zero attached hydrogens (tertiary/aromatic N) is 1. The summed E-state index contributed by atoms with van der Waals surface area (Å²) in [5.74, 6) is 0. The summed E-state index contributed by atoms with van der Waals surface area (Å²) in [4.78, 5) is 0. The van der Waals surface area contributed by atoms with Gasteiger partial charge in [-0.2, -0.15) is 5.26 Å². The molecule has 0 bridgehead atoms. The van der Waals surface area contributed by atoms with Gasteiger partial charge in [0.25, 0.3) is 0 Å². The van der Waals surface area contributed by atoms with Crippen LogP contribution in [0.1, 0.15) is 19.8 Å². The molecule has 0 spiro atoms. The third-order valence-corrected chi connectivity index (χ3v) is 0.789. The van der Waals surface area contributed by atoms with Crippen molar-refractivity contribution in [2.45, 2.75) is 19.8 Å². The van der Waals surface area contributed by atoms with E-state index in [0.717, 1.165) is 12.8 Å². The normalized spacial score (nSPS) is 10.8. The molecule has 0 unspecified atom stereocenters. The van der Waals surface area contributed by atoms with E-state index in [9.17, 15) is 0 Å². The van der Waals surface area contributed by atoms with Gasteiger partial charge in [-0.15, -0.1) is 0 Å². The van der Waals surface area contributed by atoms with Crippen molar-refractivity contribution in [2.75, 3.05) is 0 Å². The summed E-state index contributed by atoms with van der Waals surface area (Å²) in [5, 5.41) is 8.06. The lowest BCUT2D eigenvalue weighted by Crippen LogP contribution is -1.94. The molecule has 0 fully saturated rings. The summed E-state index contributed by atoms with van der Waals surface area (Å²) in [7, 11) is 0. The molecule has 0 radical (unpaired) electrons. The monoisotopic (exact) mass is 110 g/mol. The number of nitriles is 1. The van der Waals surface area contributed by atoms with Crippen molar-refractivity contribution in [3.8, 4) is 6.07 Å². The second kappa shape index (κ2) is 4.20. The van der Waals surface area contributed by atoms with E-state index in [0.29, 0.717) is 5.70 Å². The van der Waals surface area contributed by atoms with Crippen LogP contribution in [0.2, 0.25) is 0 Å². The minimum absolute atomic E-state index is 0.676. The Labute approximate surface area is 49.6 Å². The topological polar surface area (TPSA) is 49.8 Å². The van der Waals surface area contributed by atoms with Gasteiger partial charge >= 0.3 is 0 Å². The first kappa shape index (κ1) is 7.03. The maximum atomic E-state index is 8.06. The Kier molecular flexibility index (Phi) is 3.69. The van der Waals surface area contributed by atoms with Crippen LogP contribution in [-0.4, -0.2) is 0 Å². The Hall–Kier alpha value is -0.970. The first-order valence-electron chi connectivity index (χ1n) is 2.65. The maximum Gasteiger partial charge on any atom is 0.0930 e. The van der Waals surface area contributed by atoms with Gasteiger partial charge in [0.05, 0.1) is 6.07 Å². The Morgan fingerprint density at radius 1 is 1.88 bits per heavy atom. The van der Waals surface area contributed by atoms with Crippen molar-refractivity contribution in [3.05, 3.63) is 11.8 Å². The molecule has 0 aromatic rings. The molecule has 0 rings (SSSR count). The number of rotatable bonds is 2. The van der Waals surface area contributed by atoms with E-state index < -0.39 is 0 Å². The highest BCUT2D eigenvalue weighted by atomic mass is 14.6. The second-order valence-electron chi connectivity index (χ2n) is 1.60. The highest BCUT2D eigenvalue weighted by molar-refractivity contribution is 5.09. The van der Waals surface area contributed by atoms with Crippen molar-refractivity contribution in [3.63, 3.8) is 0 Å². The van der Waals surface area contributed by atoms with Crippen LogP contribution in [0.3, 0.4) is 0 Å². The Bertz CT molecular complexity index is 119. The number of nitrogens with two attached hydrogens (primary N) is 1. The average molecular weight is 110 g/mol. The molecule has 2 N–H and O–H groups in total. The molecule has 0 aliphatic rings. The quantitative estimate of drug-likeness (QED) is 0.542. The van der Waals surface area contributed by atoms with E-state index in [1.165, 1.54) is 6.08 Å². The summed E-state index contributed by atoms with van der Waals surface area (Å²) in [5.41, 5.74) is 6.01. The Morgan fingerprint density at radius 2 is 2.50 bits per heavy atom. The third kappa shape index (κ3) is 3.23. The summed E-state index contributed by atoms with van der Waals surface area (Å²) < 4.78 is 0. The van der Waals surface area contributed by atoms with Gasteiger partial charge < -0.3 is 5.73 Å². The number of hydrogen-bond donors (Lipinski definition) is 1. The molecule has 0 atom stereocenters. The molecule has 44 valence electrons. The fourth-order valence-corrected chi connectivity index (χ4v) is 0.444. The molecule has 0 heterocycles. The van der Waals surface area contributed by atoms with Gasteiger partial charge in [-0.05, 0) is 6.42 Å². The van der Waals surface area contributed by atoms with Crippen LogP contribution in [0.4, 0.5) is 0 Å². The predicted octanol–water partition coefficient (Wildman–Crippen LogP) is 1.15. The van der Waals surface area contributed by atoms with E-state index in [1.807, 2.05) is 13.0 Å². The van der Waals surface area contributed by atoms with Crippen LogP contribution >= 0.6 is 0 Å². The molecule has 2 heteroatoms. The fraction of sp³-hybridized carbons (Fsp3) is 0.500. The lowest BCUT2D eigenvalue weighted by molar-refractivity contribution is 0.893. The average Bonchev–Trinajstić information content (AvgIpc) is 1.68. The summed E-state index contributed by atoms with van der Waals surface area (Å²) in [6, 6.07) is 1.87. The summed E-state index contributed by atoms with van der Waals surface area (Å²) in [6.07, 6.45) is 3.21. The van der Waals surface area contributed by atoms with Crippen LogP contribution in [-0.2, 0) is 0 Å². The first-order chi connectivity index (χ1) is 3.81. The van der Waals surface area contributed by atoms with Gasteiger partial charge in [0.15, 0.2) is 0 Å². The summed E-state index contributed by atoms with van der Waals surface area (Å²) in [6.45, 7) is 2.03. The zero-order valence-corrected chi connectivity index (χ0v) is 5.02. The van der Waals surface area contributed by atoms with Gasteiger partial charge in [0.2, 0.25) is 0 Å².